The molecule has 0 unspecified atom stereocenters. The van der Waals surface area contributed by atoms with Crippen LogP contribution in [0.5, 0.6) is 0 Å². The SMILES string of the molecule is NCCSSCc1ccccc1Cn1nnc2c(N3CCC(F)(F)C3)nc(C(F)(F)c3ccccc3)nc21. The lowest BCUT2D eigenvalue weighted by Gasteiger charge is -2.21. The molecular weight excluding hydrogens is 538 g/mol. The third-order valence-electron chi connectivity index (χ3n) is 6.17. The van der Waals surface area contributed by atoms with E-state index in [2.05, 4.69) is 20.3 Å². The van der Waals surface area contributed by atoms with Gasteiger partial charge in [-0.25, -0.2) is 23.4 Å². The molecule has 0 amide bonds. The van der Waals surface area contributed by atoms with Gasteiger partial charge < -0.3 is 10.6 Å². The molecule has 38 heavy (non-hydrogen) atoms. The summed E-state index contributed by atoms with van der Waals surface area (Å²) in [7, 11) is 3.34. The van der Waals surface area contributed by atoms with Crippen LogP contribution in [0.1, 0.15) is 28.9 Å². The highest BCUT2D eigenvalue weighted by Gasteiger charge is 2.43. The van der Waals surface area contributed by atoms with Crippen molar-refractivity contribution in [3.63, 3.8) is 0 Å². The summed E-state index contributed by atoms with van der Waals surface area (Å²) in [5.41, 5.74) is 7.42. The number of nitrogens with zero attached hydrogens (tertiary/aromatic N) is 6. The first kappa shape index (κ1) is 26.7. The van der Waals surface area contributed by atoms with Crippen LogP contribution in [0.4, 0.5) is 23.4 Å². The normalized spacial score (nSPS) is 15.4. The molecule has 2 aromatic heterocycles. The number of hydrogen-bond acceptors (Lipinski definition) is 8. The molecule has 0 atom stereocenters. The standard InChI is InChI=1S/C25H25F4N7S2/c26-24(27)10-12-35(16-24)21-20-22(32-23(31-21)25(28,29)19-8-2-1-3-9-19)36(34-33-20)14-17-6-4-5-7-18(17)15-38-37-13-11-30/h1-9H,10-16,30H2. The second-order valence-electron chi connectivity index (χ2n) is 8.90. The summed E-state index contributed by atoms with van der Waals surface area (Å²) >= 11 is 0. The van der Waals surface area contributed by atoms with Crippen LogP contribution in [0.25, 0.3) is 11.2 Å². The van der Waals surface area contributed by atoms with Gasteiger partial charge in [-0.3, -0.25) is 0 Å². The van der Waals surface area contributed by atoms with Gasteiger partial charge in [0.25, 0.3) is 5.92 Å². The molecule has 0 spiro atoms. The lowest BCUT2D eigenvalue weighted by atomic mass is 10.1. The Bertz CT molecular complexity index is 1400. The second kappa shape index (κ2) is 11.1. The van der Waals surface area contributed by atoms with Crippen molar-refractivity contribution < 1.29 is 17.6 Å². The van der Waals surface area contributed by atoms with Crippen LogP contribution in [0.2, 0.25) is 0 Å². The number of anilines is 1. The minimum Gasteiger partial charge on any atom is -0.348 e. The van der Waals surface area contributed by atoms with Gasteiger partial charge in [0.15, 0.2) is 17.0 Å². The van der Waals surface area contributed by atoms with Gasteiger partial charge in [-0.15, -0.1) is 5.10 Å². The van der Waals surface area contributed by atoms with Crippen molar-refractivity contribution in [2.24, 2.45) is 5.73 Å². The highest BCUT2D eigenvalue weighted by atomic mass is 33.1. The Labute approximate surface area is 224 Å². The Kier molecular flexibility index (Phi) is 7.78. The summed E-state index contributed by atoms with van der Waals surface area (Å²) in [6.45, 7) is 0.134. The first-order valence-corrected chi connectivity index (χ1v) is 14.5. The van der Waals surface area contributed by atoms with Crippen LogP contribution in [0, 0.1) is 0 Å². The van der Waals surface area contributed by atoms with E-state index in [0.29, 0.717) is 12.3 Å². The van der Waals surface area contributed by atoms with E-state index in [0.717, 1.165) is 16.9 Å². The number of aromatic nitrogens is 5. The molecule has 200 valence electrons. The first-order valence-electron chi connectivity index (χ1n) is 12.0. The van der Waals surface area contributed by atoms with Crippen molar-refractivity contribution in [2.75, 3.05) is 30.3 Å². The summed E-state index contributed by atoms with van der Waals surface area (Å²) < 4.78 is 60.8. The molecule has 7 nitrogen and oxygen atoms in total. The van der Waals surface area contributed by atoms with Crippen LogP contribution in [0.15, 0.2) is 54.6 Å². The number of hydrogen-bond donors (Lipinski definition) is 1. The number of halogens is 4. The van der Waals surface area contributed by atoms with Crippen LogP contribution < -0.4 is 10.6 Å². The zero-order valence-corrected chi connectivity index (χ0v) is 21.9. The molecule has 0 saturated carbocycles. The summed E-state index contributed by atoms with van der Waals surface area (Å²) in [6, 6.07) is 14.9. The fourth-order valence-corrected chi connectivity index (χ4v) is 6.21. The summed E-state index contributed by atoms with van der Waals surface area (Å²) in [5, 5.41) is 8.33. The lowest BCUT2D eigenvalue weighted by Crippen LogP contribution is -2.28. The van der Waals surface area contributed by atoms with Crippen LogP contribution in [-0.4, -0.2) is 56.3 Å². The fraction of sp³-hybridized carbons (Fsp3) is 0.360. The predicted molar refractivity (Wildman–Crippen MR) is 143 cm³/mol. The number of alkyl halides is 4. The second-order valence-corrected chi connectivity index (χ2v) is 11.5. The molecule has 4 aromatic rings. The number of nitrogens with two attached hydrogens (primary N) is 1. The van der Waals surface area contributed by atoms with Crippen LogP contribution >= 0.6 is 21.6 Å². The van der Waals surface area contributed by atoms with Crippen molar-refractivity contribution in [1.82, 2.24) is 25.0 Å². The van der Waals surface area contributed by atoms with Gasteiger partial charge in [0.2, 0.25) is 5.82 Å². The van der Waals surface area contributed by atoms with E-state index >= 15 is 8.78 Å². The Morgan fingerprint density at radius 2 is 1.71 bits per heavy atom. The minimum absolute atomic E-state index is 0.0388. The molecule has 13 heteroatoms. The van der Waals surface area contributed by atoms with Gasteiger partial charge in [-0.1, -0.05) is 81.4 Å². The average molecular weight is 564 g/mol. The molecule has 0 aliphatic carbocycles. The van der Waals surface area contributed by atoms with Crippen molar-refractivity contribution >= 4 is 38.6 Å². The average Bonchev–Trinajstić information content (AvgIpc) is 3.50. The van der Waals surface area contributed by atoms with Gasteiger partial charge in [-0.05, 0) is 11.1 Å². The maximum Gasteiger partial charge on any atom is 0.331 e. The molecule has 1 fully saturated rings. The minimum atomic E-state index is -3.56. The molecule has 1 saturated heterocycles. The van der Waals surface area contributed by atoms with Crippen molar-refractivity contribution in [3.8, 4) is 0 Å². The Morgan fingerprint density at radius 1 is 0.974 bits per heavy atom. The summed E-state index contributed by atoms with van der Waals surface area (Å²) in [4.78, 5) is 9.58. The van der Waals surface area contributed by atoms with Gasteiger partial charge in [-0.2, -0.15) is 8.78 Å². The van der Waals surface area contributed by atoms with E-state index in [-0.39, 0.29) is 35.6 Å². The van der Waals surface area contributed by atoms with E-state index in [4.69, 9.17) is 5.73 Å². The predicted octanol–water partition coefficient (Wildman–Crippen LogP) is 5.10. The molecule has 2 N–H and O–H groups in total. The highest BCUT2D eigenvalue weighted by Crippen LogP contribution is 2.38. The quantitative estimate of drug-likeness (QED) is 0.162. The van der Waals surface area contributed by atoms with Crippen molar-refractivity contribution in [1.29, 1.82) is 0 Å². The molecule has 2 aromatic carbocycles. The summed E-state index contributed by atoms with van der Waals surface area (Å²) in [5.74, 6) is -5.82. The topological polar surface area (TPSA) is 85.8 Å². The van der Waals surface area contributed by atoms with Crippen LogP contribution in [0.3, 0.4) is 0 Å². The number of fused-ring (bicyclic) bond motifs is 1. The Hall–Kier alpha value is -2.90. The van der Waals surface area contributed by atoms with Gasteiger partial charge >= 0.3 is 5.92 Å². The van der Waals surface area contributed by atoms with Gasteiger partial charge in [0, 0.05) is 36.6 Å². The highest BCUT2D eigenvalue weighted by molar-refractivity contribution is 8.76. The Morgan fingerprint density at radius 3 is 2.42 bits per heavy atom. The van der Waals surface area contributed by atoms with E-state index in [1.807, 2.05) is 24.3 Å². The first-order chi connectivity index (χ1) is 18.3. The molecule has 5 rings (SSSR count). The third kappa shape index (κ3) is 5.59. The molecule has 3 heterocycles. The molecule has 0 bridgehead atoms. The van der Waals surface area contributed by atoms with Crippen molar-refractivity contribution in [3.05, 3.63) is 77.1 Å². The van der Waals surface area contributed by atoms with Crippen LogP contribution in [-0.2, 0) is 18.2 Å². The van der Waals surface area contributed by atoms with Gasteiger partial charge in [0.05, 0.1) is 13.1 Å². The Balaban J connectivity index is 1.56. The smallest absolute Gasteiger partial charge is 0.331 e. The molecular formula is C25H25F4N7S2. The maximum absolute atomic E-state index is 15.6. The maximum atomic E-state index is 15.6. The van der Waals surface area contributed by atoms with E-state index < -0.39 is 30.6 Å². The number of rotatable bonds is 10. The monoisotopic (exact) mass is 563 g/mol. The molecule has 1 aliphatic heterocycles. The lowest BCUT2D eigenvalue weighted by molar-refractivity contribution is 0.0256. The zero-order chi connectivity index (χ0) is 26.8. The largest absolute Gasteiger partial charge is 0.348 e. The number of benzene rings is 2. The van der Waals surface area contributed by atoms with Crippen molar-refractivity contribution in [2.45, 2.75) is 30.6 Å². The van der Waals surface area contributed by atoms with E-state index in [1.165, 1.54) is 33.8 Å². The molecule has 0 radical (unpaired) electrons. The third-order valence-corrected chi connectivity index (χ3v) is 8.52. The van der Waals surface area contributed by atoms with Gasteiger partial charge in [0.1, 0.15) is 0 Å². The van der Waals surface area contributed by atoms with E-state index in [9.17, 15) is 8.78 Å². The molecule has 1 aliphatic rings. The zero-order valence-electron chi connectivity index (χ0n) is 20.2. The van der Waals surface area contributed by atoms with E-state index in [1.54, 1.807) is 27.7 Å². The fourth-order valence-electron chi connectivity index (χ4n) is 4.23. The summed E-state index contributed by atoms with van der Waals surface area (Å²) in [6.07, 6.45) is -0.399.